The van der Waals surface area contributed by atoms with Crippen LogP contribution in [0.1, 0.15) is 37.5 Å². The Labute approximate surface area is 127 Å². The molecule has 0 saturated carbocycles. The van der Waals surface area contributed by atoms with Crippen LogP contribution < -0.4 is 9.47 Å². The normalized spacial score (nSPS) is 11.3. The Morgan fingerprint density at radius 1 is 0.857 bits per heavy atom. The Balaban J connectivity index is 2.46. The van der Waals surface area contributed by atoms with E-state index in [2.05, 4.69) is 57.2 Å². The highest BCUT2D eigenvalue weighted by atomic mass is 16.5. The van der Waals surface area contributed by atoms with Gasteiger partial charge in [0.15, 0.2) is 0 Å². The summed E-state index contributed by atoms with van der Waals surface area (Å²) in [5.74, 6) is 1.85. The van der Waals surface area contributed by atoms with Crippen LogP contribution in [0, 0.1) is 0 Å². The quantitative estimate of drug-likeness (QED) is 0.817. The fraction of sp³-hybridized carbons (Fsp3) is 0.368. The van der Waals surface area contributed by atoms with E-state index < -0.39 is 0 Å². The molecule has 2 rings (SSSR count). The summed E-state index contributed by atoms with van der Waals surface area (Å²) in [6.07, 6.45) is 0.838. The van der Waals surface area contributed by atoms with Gasteiger partial charge in [-0.1, -0.05) is 51.1 Å². The first-order valence-corrected chi connectivity index (χ1v) is 7.25. The fourth-order valence-corrected chi connectivity index (χ4v) is 2.50. The van der Waals surface area contributed by atoms with E-state index in [-0.39, 0.29) is 5.41 Å². The lowest BCUT2D eigenvalue weighted by atomic mass is 9.85. The Hall–Kier alpha value is -1.96. The number of ether oxygens (including phenoxy) is 2. The van der Waals surface area contributed by atoms with E-state index in [9.17, 15) is 0 Å². The molecule has 0 radical (unpaired) electrons. The highest BCUT2D eigenvalue weighted by molar-refractivity contribution is 5.50. The van der Waals surface area contributed by atoms with Crippen LogP contribution >= 0.6 is 0 Å². The van der Waals surface area contributed by atoms with Gasteiger partial charge in [-0.25, -0.2) is 0 Å². The van der Waals surface area contributed by atoms with E-state index in [1.807, 2.05) is 6.07 Å². The van der Waals surface area contributed by atoms with Crippen LogP contribution in [-0.2, 0) is 11.8 Å². The maximum absolute atomic E-state index is 5.60. The molecule has 0 aromatic heterocycles. The van der Waals surface area contributed by atoms with Crippen LogP contribution in [-0.4, -0.2) is 14.2 Å². The minimum absolute atomic E-state index is 0.0178. The van der Waals surface area contributed by atoms with E-state index in [1.54, 1.807) is 14.2 Å². The maximum atomic E-state index is 5.60. The zero-order valence-corrected chi connectivity index (χ0v) is 13.6. The monoisotopic (exact) mass is 284 g/mol. The van der Waals surface area contributed by atoms with Crippen molar-refractivity contribution in [1.82, 2.24) is 0 Å². The molecule has 2 aromatic rings. The van der Waals surface area contributed by atoms with Gasteiger partial charge in [-0.2, -0.15) is 0 Å². The van der Waals surface area contributed by atoms with Crippen molar-refractivity contribution in [3.63, 3.8) is 0 Å². The SMILES string of the molecule is COc1cc(C(C)(C)C)c(OC)cc1Cc1ccccc1. The third-order valence-electron chi connectivity index (χ3n) is 3.65. The first-order chi connectivity index (χ1) is 9.95. The second kappa shape index (κ2) is 6.21. The smallest absolute Gasteiger partial charge is 0.123 e. The van der Waals surface area contributed by atoms with Gasteiger partial charge < -0.3 is 9.47 Å². The van der Waals surface area contributed by atoms with Crippen molar-refractivity contribution in [3.05, 3.63) is 59.2 Å². The fourth-order valence-electron chi connectivity index (χ4n) is 2.50. The van der Waals surface area contributed by atoms with E-state index in [0.29, 0.717) is 0 Å². The average molecular weight is 284 g/mol. The van der Waals surface area contributed by atoms with Gasteiger partial charge in [-0.3, -0.25) is 0 Å². The van der Waals surface area contributed by atoms with Crippen LogP contribution in [0.2, 0.25) is 0 Å². The number of benzene rings is 2. The Kier molecular flexibility index (Phi) is 4.56. The van der Waals surface area contributed by atoms with Gasteiger partial charge in [-0.15, -0.1) is 0 Å². The lowest BCUT2D eigenvalue weighted by molar-refractivity contribution is 0.385. The molecule has 0 aliphatic heterocycles. The van der Waals surface area contributed by atoms with Crippen molar-refractivity contribution in [1.29, 1.82) is 0 Å². The zero-order chi connectivity index (χ0) is 15.5. The van der Waals surface area contributed by atoms with Gasteiger partial charge in [0.2, 0.25) is 0 Å². The molecule has 0 amide bonds. The molecule has 0 bridgehead atoms. The second-order valence-electron chi connectivity index (χ2n) is 6.28. The van der Waals surface area contributed by atoms with E-state index >= 15 is 0 Å². The van der Waals surface area contributed by atoms with E-state index in [0.717, 1.165) is 23.5 Å². The average Bonchev–Trinajstić information content (AvgIpc) is 2.46. The molecule has 21 heavy (non-hydrogen) atoms. The topological polar surface area (TPSA) is 18.5 Å². The summed E-state index contributed by atoms with van der Waals surface area (Å²) in [5, 5.41) is 0. The summed E-state index contributed by atoms with van der Waals surface area (Å²) in [4.78, 5) is 0. The van der Waals surface area contributed by atoms with Crippen LogP contribution in [0.3, 0.4) is 0 Å². The highest BCUT2D eigenvalue weighted by Gasteiger charge is 2.21. The number of hydrogen-bond acceptors (Lipinski definition) is 2. The van der Waals surface area contributed by atoms with Crippen LogP contribution in [0.5, 0.6) is 11.5 Å². The minimum atomic E-state index is 0.0178. The Morgan fingerprint density at radius 3 is 2.00 bits per heavy atom. The summed E-state index contributed by atoms with van der Waals surface area (Å²) < 4.78 is 11.2. The lowest BCUT2D eigenvalue weighted by Gasteiger charge is -2.24. The molecule has 0 unspecified atom stereocenters. The van der Waals surface area contributed by atoms with Crippen molar-refractivity contribution in [2.45, 2.75) is 32.6 Å². The first-order valence-electron chi connectivity index (χ1n) is 7.25. The molecule has 0 fully saturated rings. The zero-order valence-electron chi connectivity index (χ0n) is 13.6. The molecule has 0 N–H and O–H groups in total. The summed E-state index contributed by atoms with van der Waals surface area (Å²) in [6.45, 7) is 6.55. The van der Waals surface area contributed by atoms with Crippen molar-refractivity contribution < 1.29 is 9.47 Å². The molecule has 0 spiro atoms. The standard InChI is InChI=1S/C19H24O2/c1-19(2,3)16-13-17(20-4)15(12-18(16)21-5)11-14-9-7-6-8-10-14/h6-10,12-13H,11H2,1-5H3. The number of methoxy groups -OCH3 is 2. The van der Waals surface area contributed by atoms with Gasteiger partial charge in [0, 0.05) is 17.5 Å². The first kappa shape index (κ1) is 15.4. The van der Waals surface area contributed by atoms with Gasteiger partial charge in [0.25, 0.3) is 0 Å². The molecule has 0 saturated heterocycles. The predicted octanol–water partition coefficient (Wildman–Crippen LogP) is 4.59. The van der Waals surface area contributed by atoms with Gasteiger partial charge in [-0.05, 0) is 23.1 Å². The lowest BCUT2D eigenvalue weighted by Crippen LogP contribution is -2.13. The third kappa shape index (κ3) is 3.57. The van der Waals surface area contributed by atoms with Crippen molar-refractivity contribution >= 4 is 0 Å². The van der Waals surface area contributed by atoms with Gasteiger partial charge in [0.05, 0.1) is 14.2 Å². The maximum Gasteiger partial charge on any atom is 0.123 e. The molecule has 0 aliphatic rings. The summed E-state index contributed by atoms with van der Waals surface area (Å²) >= 11 is 0. The van der Waals surface area contributed by atoms with Crippen molar-refractivity contribution in [2.24, 2.45) is 0 Å². The van der Waals surface area contributed by atoms with Crippen LogP contribution in [0.4, 0.5) is 0 Å². The molecular formula is C19H24O2. The molecule has 2 aromatic carbocycles. The number of hydrogen-bond donors (Lipinski definition) is 0. The largest absolute Gasteiger partial charge is 0.496 e. The highest BCUT2D eigenvalue weighted by Crippen LogP contribution is 2.37. The van der Waals surface area contributed by atoms with Gasteiger partial charge in [0.1, 0.15) is 11.5 Å². The molecule has 0 atom stereocenters. The molecular weight excluding hydrogens is 260 g/mol. The Bertz CT molecular complexity index is 595. The van der Waals surface area contributed by atoms with Crippen molar-refractivity contribution in [3.8, 4) is 11.5 Å². The molecule has 2 nitrogen and oxygen atoms in total. The molecule has 112 valence electrons. The van der Waals surface area contributed by atoms with Gasteiger partial charge >= 0.3 is 0 Å². The minimum Gasteiger partial charge on any atom is -0.496 e. The summed E-state index contributed by atoms with van der Waals surface area (Å²) in [6, 6.07) is 14.6. The summed E-state index contributed by atoms with van der Waals surface area (Å²) in [5.41, 5.74) is 3.60. The predicted molar refractivity (Wildman–Crippen MR) is 87.5 cm³/mol. The summed E-state index contributed by atoms with van der Waals surface area (Å²) in [7, 11) is 3.45. The number of rotatable bonds is 4. The van der Waals surface area contributed by atoms with E-state index in [1.165, 1.54) is 11.1 Å². The van der Waals surface area contributed by atoms with Crippen molar-refractivity contribution in [2.75, 3.05) is 14.2 Å². The van der Waals surface area contributed by atoms with Crippen LogP contribution in [0.25, 0.3) is 0 Å². The van der Waals surface area contributed by atoms with Crippen LogP contribution in [0.15, 0.2) is 42.5 Å². The molecule has 0 aliphatic carbocycles. The third-order valence-corrected chi connectivity index (χ3v) is 3.65. The molecule has 0 heterocycles. The van der Waals surface area contributed by atoms with E-state index in [4.69, 9.17) is 9.47 Å². The molecule has 2 heteroatoms. The Morgan fingerprint density at radius 2 is 1.48 bits per heavy atom. The second-order valence-corrected chi connectivity index (χ2v) is 6.28.